The van der Waals surface area contributed by atoms with Gasteiger partial charge in [-0.05, 0) is 37.4 Å². The van der Waals surface area contributed by atoms with E-state index in [1.165, 1.54) is 31.2 Å². The van der Waals surface area contributed by atoms with Crippen molar-refractivity contribution in [1.82, 2.24) is 0 Å². The number of rotatable bonds is 3. The van der Waals surface area contributed by atoms with Crippen LogP contribution in [0.2, 0.25) is 0 Å². The van der Waals surface area contributed by atoms with E-state index >= 15 is 0 Å². The van der Waals surface area contributed by atoms with Crippen LogP contribution in [0.1, 0.15) is 44.1 Å². The number of para-hydroxylation sites is 1. The van der Waals surface area contributed by atoms with Crippen LogP contribution in [-0.2, 0) is 10.2 Å². The maximum Gasteiger partial charge on any atom is 0.227 e. The Morgan fingerprint density at radius 1 is 1.26 bits per heavy atom. The summed E-state index contributed by atoms with van der Waals surface area (Å²) in [5.41, 5.74) is 8.30. The Labute approximate surface area is 114 Å². The summed E-state index contributed by atoms with van der Waals surface area (Å²) < 4.78 is 0. The van der Waals surface area contributed by atoms with E-state index < -0.39 is 0 Å². The molecular weight excluding hydrogens is 236 g/mol. The van der Waals surface area contributed by atoms with Crippen molar-refractivity contribution in [3.8, 4) is 0 Å². The second-order valence-electron chi connectivity index (χ2n) is 5.88. The van der Waals surface area contributed by atoms with E-state index in [0.29, 0.717) is 13.0 Å². The van der Waals surface area contributed by atoms with Crippen LogP contribution in [0.3, 0.4) is 0 Å². The molecule has 1 aromatic rings. The van der Waals surface area contributed by atoms with Crippen LogP contribution in [0.4, 0.5) is 5.69 Å². The zero-order valence-electron chi connectivity index (χ0n) is 11.4. The Hall–Kier alpha value is -1.35. The van der Waals surface area contributed by atoms with Crippen molar-refractivity contribution in [3.05, 3.63) is 29.8 Å². The molecule has 3 nitrogen and oxygen atoms in total. The lowest BCUT2D eigenvalue weighted by Crippen LogP contribution is -2.35. The summed E-state index contributed by atoms with van der Waals surface area (Å²) in [5.74, 6) is 0.238. The summed E-state index contributed by atoms with van der Waals surface area (Å²) in [5, 5.41) is 0. The van der Waals surface area contributed by atoms with Crippen molar-refractivity contribution in [2.24, 2.45) is 5.73 Å². The predicted molar refractivity (Wildman–Crippen MR) is 77.2 cm³/mol. The molecule has 1 aromatic carbocycles. The van der Waals surface area contributed by atoms with Crippen LogP contribution < -0.4 is 10.6 Å². The molecule has 0 atom stereocenters. The molecule has 3 heteroatoms. The van der Waals surface area contributed by atoms with Crippen LogP contribution in [0.15, 0.2) is 24.3 Å². The lowest BCUT2D eigenvalue weighted by molar-refractivity contribution is -0.118. The number of amides is 1. The molecular formula is C16H22N2O. The fourth-order valence-electron chi connectivity index (χ4n) is 3.72. The molecule has 0 saturated heterocycles. The quantitative estimate of drug-likeness (QED) is 0.905. The minimum atomic E-state index is 0.238. The molecule has 0 bridgehead atoms. The summed E-state index contributed by atoms with van der Waals surface area (Å²) >= 11 is 0. The van der Waals surface area contributed by atoms with Gasteiger partial charge in [0.05, 0.1) is 0 Å². The topological polar surface area (TPSA) is 46.3 Å². The largest absolute Gasteiger partial charge is 0.330 e. The Kier molecular flexibility index (Phi) is 3.31. The fourth-order valence-corrected chi connectivity index (χ4v) is 3.72. The zero-order chi connectivity index (χ0) is 13.3. The molecule has 3 rings (SSSR count). The monoisotopic (exact) mass is 258 g/mol. The Morgan fingerprint density at radius 3 is 2.74 bits per heavy atom. The van der Waals surface area contributed by atoms with Crippen molar-refractivity contribution >= 4 is 11.6 Å². The molecule has 1 spiro atoms. The average molecular weight is 258 g/mol. The first-order chi connectivity index (χ1) is 9.27. The molecule has 1 aliphatic carbocycles. The normalized spacial score (nSPS) is 19.9. The molecule has 1 heterocycles. The third-order valence-corrected chi connectivity index (χ3v) is 4.68. The second-order valence-corrected chi connectivity index (χ2v) is 5.88. The zero-order valence-corrected chi connectivity index (χ0v) is 11.4. The van der Waals surface area contributed by atoms with Gasteiger partial charge in [-0.2, -0.15) is 0 Å². The fraction of sp³-hybridized carbons (Fsp3) is 0.562. The first-order valence-corrected chi connectivity index (χ1v) is 7.37. The highest BCUT2D eigenvalue weighted by Crippen LogP contribution is 2.50. The lowest BCUT2D eigenvalue weighted by atomic mass is 9.81. The number of anilines is 1. The summed E-state index contributed by atoms with van der Waals surface area (Å²) in [6.45, 7) is 1.47. The van der Waals surface area contributed by atoms with Gasteiger partial charge in [-0.25, -0.2) is 0 Å². The van der Waals surface area contributed by atoms with Gasteiger partial charge in [0.2, 0.25) is 5.91 Å². The molecule has 1 aliphatic heterocycles. The summed E-state index contributed by atoms with van der Waals surface area (Å²) in [4.78, 5) is 14.4. The van der Waals surface area contributed by atoms with Crippen molar-refractivity contribution < 1.29 is 4.79 Å². The van der Waals surface area contributed by atoms with E-state index in [0.717, 1.165) is 18.7 Å². The molecule has 0 unspecified atom stereocenters. The average Bonchev–Trinajstić information content (AvgIpc) is 3.04. The molecule has 19 heavy (non-hydrogen) atoms. The van der Waals surface area contributed by atoms with Crippen molar-refractivity contribution in [2.45, 2.75) is 43.9 Å². The van der Waals surface area contributed by atoms with E-state index in [2.05, 4.69) is 18.2 Å². The Balaban J connectivity index is 1.90. The van der Waals surface area contributed by atoms with Crippen LogP contribution in [-0.4, -0.2) is 19.0 Å². The lowest BCUT2D eigenvalue weighted by Gasteiger charge is -2.24. The second kappa shape index (κ2) is 4.97. The Morgan fingerprint density at radius 2 is 2.00 bits per heavy atom. The molecule has 1 amide bonds. The van der Waals surface area contributed by atoms with Gasteiger partial charge in [-0.1, -0.05) is 31.0 Å². The molecule has 0 radical (unpaired) electrons. The summed E-state index contributed by atoms with van der Waals surface area (Å²) in [6, 6.07) is 8.46. The van der Waals surface area contributed by atoms with Gasteiger partial charge >= 0.3 is 0 Å². The maximum atomic E-state index is 12.4. The summed E-state index contributed by atoms with van der Waals surface area (Å²) in [7, 11) is 0. The number of carbonyl (C=O) groups is 1. The van der Waals surface area contributed by atoms with Gasteiger partial charge in [-0.3, -0.25) is 4.79 Å². The van der Waals surface area contributed by atoms with Crippen molar-refractivity contribution in [3.63, 3.8) is 0 Å². The molecule has 2 aliphatic rings. The van der Waals surface area contributed by atoms with Gasteiger partial charge in [0, 0.05) is 24.1 Å². The number of hydrogen-bond acceptors (Lipinski definition) is 2. The number of fused-ring (bicyclic) bond motifs is 2. The first-order valence-electron chi connectivity index (χ1n) is 7.37. The van der Waals surface area contributed by atoms with Gasteiger partial charge in [0.15, 0.2) is 0 Å². The summed E-state index contributed by atoms with van der Waals surface area (Å²) in [6.07, 6.45) is 6.39. The van der Waals surface area contributed by atoms with Gasteiger partial charge < -0.3 is 10.6 Å². The van der Waals surface area contributed by atoms with E-state index in [1.807, 2.05) is 11.0 Å². The standard InChI is InChI=1S/C16H22N2O/c17-11-5-8-15(19)18-12-16(9-3-4-10-16)13-6-1-2-7-14(13)18/h1-2,6-7H,3-5,8-12,17H2. The van der Waals surface area contributed by atoms with Gasteiger partial charge in [-0.15, -0.1) is 0 Å². The highest BCUT2D eigenvalue weighted by Gasteiger charge is 2.45. The van der Waals surface area contributed by atoms with E-state index in [-0.39, 0.29) is 11.3 Å². The van der Waals surface area contributed by atoms with Crippen molar-refractivity contribution in [2.75, 3.05) is 18.0 Å². The minimum absolute atomic E-state index is 0.238. The SMILES string of the molecule is NCCCC(=O)N1CC2(CCCC2)c2ccccc21. The Bertz CT molecular complexity index is 477. The van der Waals surface area contributed by atoms with Crippen LogP contribution >= 0.6 is 0 Å². The van der Waals surface area contributed by atoms with Crippen molar-refractivity contribution in [1.29, 1.82) is 0 Å². The first kappa shape index (κ1) is 12.7. The van der Waals surface area contributed by atoms with Crippen LogP contribution in [0, 0.1) is 0 Å². The molecule has 102 valence electrons. The number of benzene rings is 1. The molecule has 2 N–H and O–H groups in total. The van der Waals surface area contributed by atoms with E-state index in [9.17, 15) is 4.79 Å². The number of hydrogen-bond donors (Lipinski definition) is 1. The molecule has 1 saturated carbocycles. The smallest absolute Gasteiger partial charge is 0.227 e. The highest BCUT2D eigenvalue weighted by atomic mass is 16.2. The van der Waals surface area contributed by atoms with E-state index in [1.54, 1.807) is 0 Å². The van der Waals surface area contributed by atoms with Gasteiger partial charge in [0.25, 0.3) is 0 Å². The minimum Gasteiger partial charge on any atom is -0.330 e. The molecule has 1 fully saturated rings. The maximum absolute atomic E-state index is 12.4. The van der Waals surface area contributed by atoms with Gasteiger partial charge in [0.1, 0.15) is 0 Å². The van der Waals surface area contributed by atoms with E-state index in [4.69, 9.17) is 5.73 Å². The molecule has 0 aromatic heterocycles. The predicted octanol–water partition coefficient (Wildman–Crippen LogP) is 2.58. The highest BCUT2D eigenvalue weighted by molar-refractivity contribution is 5.96. The third-order valence-electron chi connectivity index (χ3n) is 4.68. The van der Waals surface area contributed by atoms with Crippen LogP contribution in [0.5, 0.6) is 0 Å². The third kappa shape index (κ3) is 2.06. The van der Waals surface area contributed by atoms with Crippen LogP contribution in [0.25, 0.3) is 0 Å². The number of nitrogens with two attached hydrogens (primary N) is 1. The number of nitrogens with zero attached hydrogens (tertiary/aromatic N) is 1. The number of carbonyl (C=O) groups excluding carboxylic acids is 1.